The number of carbonyl (C=O) groups excluding carboxylic acids is 1. The monoisotopic (exact) mass is 262 g/mol. The van der Waals surface area contributed by atoms with Crippen molar-refractivity contribution in [2.24, 2.45) is 0 Å². The van der Waals surface area contributed by atoms with Crippen LogP contribution in [0.2, 0.25) is 0 Å². The third kappa shape index (κ3) is 3.10. The van der Waals surface area contributed by atoms with Gasteiger partial charge in [0.05, 0.1) is 17.0 Å². The van der Waals surface area contributed by atoms with E-state index < -0.39 is 0 Å². The van der Waals surface area contributed by atoms with Gasteiger partial charge in [0.25, 0.3) is 5.91 Å². The number of nitrogens with one attached hydrogen (secondary N) is 1. The Morgan fingerprint density at radius 1 is 1.53 bits per heavy atom. The van der Waals surface area contributed by atoms with Crippen LogP contribution in [-0.2, 0) is 6.42 Å². The minimum Gasteiger partial charge on any atom is -0.337 e. The molecule has 1 aromatic heterocycles. The van der Waals surface area contributed by atoms with Gasteiger partial charge in [-0.25, -0.2) is 0 Å². The summed E-state index contributed by atoms with van der Waals surface area (Å²) in [6.45, 7) is 5.79. The van der Waals surface area contributed by atoms with Gasteiger partial charge in [-0.1, -0.05) is 6.92 Å². The number of hydrogen-bond donors (Lipinski definition) is 1. The summed E-state index contributed by atoms with van der Waals surface area (Å²) in [6.07, 6.45) is 2.91. The van der Waals surface area contributed by atoms with Gasteiger partial charge >= 0.3 is 0 Å². The average molecular weight is 262 g/mol. The van der Waals surface area contributed by atoms with Crippen LogP contribution >= 0.6 is 0 Å². The molecule has 5 heteroatoms. The van der Waals surface area contributed by atoms with Crippen LogP contribution in [0.1, 0.15) is 41.5 Å². The maximum atomic E-state index is 12.6. The van der Waals surface area contributed by atoms with Gasteiger partial charge in [-0.3, -0.25) is 4.79 Å². The second kappa shape index (κ2) is 6.10. The fourth-order valence-electron chi connectivity index (χ4n) is 2.48. The summed E-state index contributed by atoms with van der Waals surface area (Å²) in [5.74, 6) is 0.0588. The number of rotatable bonds is 3. The molecule has 0 spiro atoms. The highest BCUT2D eigenvalue weighted by molar-refractivity contribution is 5.95. The predicted molar refractivity (Wildman–Crippen MR) is 74.1 cm³/mol. The van der Waals surface area contributed by atoms with E-state index in [9.17, 15) is 4.79 Å². The molecular formula is C14H22N4O. The predicted octanol–water partition coefficient (Wildman–Crippen LogP) is 1.17. The summed E-state index contributed by atoms with van der Waals surface area (Å²) in [5, 5.41) is 11.5. The zero-order valence-electron chi connectivity index (χ0n) is 11.9. The number of aromatic nitrogens is 2. The first-order valence-corrected chi connectivity index (χ1v) is 6.94. The third-order valence-electron chi connectivity index (χ3n) is 3.70. The highest BCUT2D eigenvalue weighted by atomic mass is 16.2. The van der Waals surface area contributed by atoms with Gasteiger partial charge in [-0.05, 0) is 38.8 Å². The minimum absolute atomic E-state index is 0.0588. The van der Waals surface area contributed by atoms with E-state index in [4.69, 9.17) is 0 Å². The molecule has 1 aliphatic heterocycles. The number of amides is 1. The van der Waals surface area contributed by atoms with Crippen LogP contribution in [0.3, 0.4) is 0 Å². The zero-order chi connectivity index (χ0) is 13.8. The molecule has 1 aromatic rings. The van der Waals surface area contributed by atoms with Gasteiger partial charge in [0, 0.05) is 19.6 Å². The lowest BCUT2D eigenvalue weighted by Crippen LogP contribution is -2.46. The Bertz CT molecular complexity index is 455. The molecule has 19 heavy (non-hydrogen) atoms. The van der Waals surface area contributed by atoms with Crippen molar-refractivity contribution in [3.8, 4) is 0 Å². The van der Waals surface area contributed by atoms with Crippen molar-refractivity contribution in [2.75, 3.05) is 20.1 Å². The van der Waals surface area contributed by atoms with E-state index in [0.717, 1.165) is 43.7 Å². The molecule has 0 bridgehead atoms. The molecule has 5 nitrogen and oxygen atoms in total. The maximum absolute atomic E-state index is 12.6. The number of piperidine rings is 1. The van der Waals surface area contributed by atoms with Crippen LogP contribution in [0.5, 0.6) is 0 Å². The maximum Gasteiger partial charge on any atom is 0.255 e. The Morgan fingerprint density at radius 3 is 2.95 bits per heavy atom. The lowest BCUT2D eigenvalue weighted by Gasteiger charge is -2.32. The second-order valence-electron chi connectivity index (χ2n) is 5.12. The van der Waals surface area contributed by atoms with Gasteiger partial charge < -0.3 is 10.2 Å². The number of carbonyl (C=O) groups is 1. The third-order valence-corrected chi connectivity index (χ3v) is 3.70. The summed E-state index contributed by atoms with van der Waals surface area (Å²) in [7, 11) is 1.88. The van der Waals surface area contributed by atoms with Crippen LogP contribution in [-0.4, -0.2) is 47.2 Å². The van der Waals surface area contributed by atoms with Crippen LogP contribution in [0.4, 0.5) is 0 Å². The molecule has 0 aromatic carbocycles. The summed E-state index contributed by atoms with van der Waals surface area (Å²) >= 11 is 0. The van der Waals surface area contributed by atoms with Crippen molar-refractivity contribution < 1.29 is 4.79 Å². The first kappa shape index (κ1) is 13.9. The van der Waals surface area contributed by atoms with E-state index in [1.165, 1.54) is 0 Å². The highest BCUT2D eigenvalue weighted by Crippen LogP contribution is 2.15. The molecule has 104 valence electrons. The van der Waals surface area contributed by atoms with Gasteiger partial charge in [-0.15, -0.1) is 0 Å². The Morgan fingerprint density at radius 2 is 2.32 bits per heavy atom. The molecule has 1 saturated heterocycles. The topological polar surface area (TPSA) is 58.1 Å². The zero-order valence-corrected chi connectivity index (χ0v) is 11.9. The van der Waals surface area contributed by atoms with Crippen molar-refractivity contribution in [1.29, 1.82) is 0 Å². The normalized spacial score (nSPS) is 19.2. The molecule has 1 atom stereocenters. The summed E-state index contributed by atoms with van der Waals surface area (Å²) in [6, 6.07) is 2.13. The van der Waals surface area contributed by atoms with Gasteiger partial charge in [0.15, 0.2) is 0 Å². The Hall–Kier alpha value is -1.49. The van der Waals surface area contributed by atoms with E-state index in [-0.39, 0.29) is 11.9 Å². The second-order valence-corrected chi connectivity index (χ2v) is 5.12. The lowest BCUT2D eigenvalue weighted by molar-refractivity contribution is 0.0706. The standard InChI is InChI=1S/C14H22N4O/c1-4-13-12(8-10(2)16-17-13)14(19)18(3)11-6-5-7-15-9-11/h8,11,15H,4-7,9H2,1-3H3. The fourth-order valence-corrected chi connectivity index (χ4v) is 2.48. The Labute approximate surface area is 114 Å². The van der Waals surface area contributed by atoms with Crippen molar-refractivity contribution >= 4 is 5.91 Å². The van der Waals surface area contributed by atoms with Crippen LogP contribution in [0.25, 0.3) is 0 Å². The average Bonchev–Trinajstić information content (AvgIpc) is 2.46. The number of nitrogens with zero attached hydrogens (tertiary/aromatic N) is 3. The van der Waals surface area contributed by atoms with Crippen LogP contribution < -0.4 is 5.32 Å². The van der Waals surface area contributed by atoms with E-state index in [1.54, 1.807) is 0 Å². The molecule has 1 aliphatic rings. The van der Waals surface area contributed by atoms with Crippen molar-refractivity contribution in [3.63, 3.8) is 0 Å². The highest BCUT2D eigenvalue weighted by Gasteiger charge is 2.24. The van der Waals surface area contributed by atoms with Crippen LogP contribution in [0.15, 0.2) is 6.07 Å². The molecule has 1 unspecified atom stereocenters. The Kier molecular flexibility index (Phi) is 4.47. The largest absolute Gasteiger partial charge is 0.337 e. The first-order valence-electron chi connectivity index (χ1n) is 6.94. The number of hydrogen-bond acceptors (Lipinski definition) is 4. The van der Waals surface area contributed by atoms with Crippen molar-refractivity contribution in [2.45, 2.75) is 39.2 Å². The molecule has 1 fully saturated rings. The number of aryl methyl sites for hydroxylation is 2. The summed E-state index contributed by atoms with van der Waals surface area (Å²) in [4.78, 5) is 14.5. The Balaban J connectivity index is 2.20. The van der Waals surface area contributed by atoms with E-state index >= 15 is 0 Å². The fraction of sp³-hybridized carbons (Fsp3) is 0.643. The van der Waals surface area contributed by atoms with Crippen molar-refractivity contribution in [1.82, 2.24) is 20.4 Å². The van der Waals surface area contributed by atoms with Gasteiger partial charge in [0.2, 0.25) is 0 Å². The SMILES string of the molecule is CCc1nnc(C)cc1C(=O)N(C)C1CCCNC1. The molecule has 0 radical (unpaired) electrons. The quantitative estimate of drug-likeness (QED) is 0.888. The minimum atomic E-state index is 0.0588. The molecule has 0 saturated carbocycles. The molecule has 2 heterocycles. The molecule has 1 amide bonds. The van der Waals surface area contributed by atoms with Gasteiger partial charge in [-0.2, -0.15) is 10.2 Å². The van der Waals surface area contributed by atoms with Crippen molar-refractivity contribution in [3.05, 3.63) is 23.0 Å². The smallest absolute Gasteiger partial charge is 0.255 e. The van der Waals surface area contributed by atoms with E-state index in [0.29, 0.717) is 5.56 Å². The summed E-state index contributed by atoms with van der Waals surface area (Å²) in [5.41, 5.74) is 2.27. The molecule has 2 rings (SSSR count). The van der Waals surface area contributed by atoms with E-state index in [1.807, 2.05) is 31.9 Å². The molecule has 1 N–H and O–H groups in total. The first-order chi connectivity index (χ1) is 9.13. The van der Waals surface area contributed by atoms with Gasteiger partial charge in [0.1, 0.15) is 0 Å². The molecular weight excluding hydrogens is 240 g/mol. The van der Waals surface area contributed by atoms with E-state index in [2.05, 4.69) is 15.5 Å². The summed E-state index contributed by atoms with van der Waals surface area (Å²) < 4.78 is 0. The van der Waals surface area contributed by atoms with Crippen LogP contribution in [0, 0.1) is 6.92 Å². The lowest BCUT2D eigenvalue weighted by atomic mass is 10.0. The molecule has 0 aliphatic carbocycles. The number of likely N-dealkylation sites (N-methyl/N-ethyl adjacent to an activating group) is 1.